The molecule has 110 valence electrons. The van der Waals surface area contributed by atoms with Crippen LogP contribution in [0.1, 0.15) is 31.2 Å². The lowest BCUT2D eigenvalue weighted by Gasteiger charge is -2.32. The number of hydrogen-bond donors (Lipinski definition) is 1. The first-order valence-electron chi connectivity index (χ1n) is 6.25. The van der Waals surface area contributed by atoms with Crippen LogP contribution in [-0.2, 0) is 10.7 Å². The van der Waals surface area contributed by atoms with Crippen LogP contribution in [0, 0.1) is 11.8 Å². The van der Waals surface area contributed by atoms with Crippen LogP contribution in [0.25, 0.3) is 0 Å². The number of carboxylic acid groups (broad SMARTS) is 1. The van der Waals surface area contributed by atoms with Gasteiger partial charge in [0.25, 0.3) is 5.92 Å². The van der Waals surface area contributed by atoms with Crippen LogP contribution in [0.2, 0.25) is 10.3 Å². The average molecular weight is 324 g/mol. The standard InChI is InChI=1S/C13H13Cl2F2NO2/c14-10-5-9(6-11(15)18-10)13(16,17)8-3-1-7(2-4-8)12(19)20/h5-8H,1-4H2,(H,19,20). The van der Waals surface area contributed by atoms with Crippen LogP contribution in [0.15, 0.2) is 12.1 Å². The molecule has 1 aliphatic carbocycles. The van der Waals surface area contributed by atoms with Crippen molar-refractivity contribution in [1.82, 2.24) is 4.98 Å². The Balaban J connectivity index is 2.16. The van der Waals surface area contributed by atoms with Gasteiger partial charge in [0.15, 0.2) is 0 Å². The number of alkyl halides is 2. The summed E-state index contributed by atoms with van der Waals surface area (Å²) in [5.41, 5.74) is -0.263. The van der Waals surface area contributed by atoms with Crippen molar-refractivity contribution in [3.63, 3.8) is 0 Å². The molecule has 1 heterocycles. The molecule has 0 aromatic carbocycles. The normalized spacial score (nSPS) is 23.6. The number of aliphatic carboxylic acids is 1. The molecular formula is C13H13Cl2F2NO2. The van der Waals surface area contributed by atoms with Gasteiger partial charge in [0, 0.05) is 11.5 Å². The average Bonchev–Trinajstić information content (AvgIpc) is 2.37. The third-order valence-corrected chi connectivity index (χ3v) is 4.12. The summed E-state index contributed by atoms with van der Waals surface area (Å²) in [6, 6.07) is 2.22. The highest BCUT2D eigenvalue weighted by Crippen LogP contribution is 2.45. The first-order chi connectivity index (χ1) is 9.30. The lowest BCUT2D eigenvalue weighted by molar-refractivity contribution is -0.145. The van der Waals surface area contributed by atoms with Crippen LogP contribution in [0.4, 0.5) is 8.78 Å². The van der Waals surface area contributed by atoms with E-state index in [1.807, 2.05) is 0 Å². The largest absolute Gasteiger partial charge is 0.481 e. The number of carboxylic acids is 1. The topological polar surface area (TPSA) is 50.2 Å². The van der Waals surface area contributed by atoms with Gasteiger partial charge in [-0.25, -0.2) is 13.8 Å². The molecule has 0 unspecified atom stereocenters. The second kappa shape index (κ2) is 5.82. The second-order valence-electron chi connectivity index (χ2n) is 5.01. The Morgan fingerprint density at radius 1 is 1.20 bits per heavy atom. The molecule has 0 atom stereocenters. The Labute approximate surface area is 124 Å². The summed E-state index contributed by atoms with van der Waals surface area (Å²) in [6.45, 7) is 0. The maximum atomic E-state index is 14.4. The van der Waals surface area contributed by atoms with Gasteiger partial charge in [-0.05, 0) is 37.8 Å². The van der Waals surface area contributed by atoms with Crippen LogP contribution < -0.4 is 0 Å². The molecule has 20 heavy (non-hydrogen) atoms. The molecule has 1 N–H and O–H groups in total. The quantitative estimate of drug-likeness (QED) is 0.840. The van der Waals surface area contributed by atoms with E-state index in [4.69, 9.17) is 28.3 Å². The Kier molecular flexibility index (Phi) is 4.49. The van der Waals surface area contributed by atoms with Gasteiger partial charge in [-0.15, -0.1) is 0 Å². The maximum absolute atomic E-state index is 14.4. The van der Waals surface area contributed by atoms with Crippen molar-refractivity contribution >= 4 is 29.2 Å². The number of nitrogens with zero attached hydrogens (tertiary/aromatic N) is 1. The Morgan fingerprint density at radius 3 is 2.15 bits per heavy atom. The molecule has 0 amide bonds. The van der Waals surface area contributed by atoms with Crippen LogP contribution in [0.3, 0.4) is 0 Å². The summed E-state index contributed by atoms with van der Waals surface area (Å²) >= 11 is 11.3. The van der Waals surface area contributed by atoms with Crippen LogP contribution in [0.5, 0.6) is 0 Å². The molecule has 7 heteroatoms. The second-order valence-corrected chi connectivity index (χ2v) is 5.79. The van der Waals surface area contributed by atoms with Gasteiger partial charge >= 0.3 is 5.97 Å². The predicted octanol–water partition coefficient (Wildman–Crippen LogP) is 4.37. The minimum Gasteiger partial charge on any atom is -0.481 e. The van der Waals surface area contributed by atoms with E-state index in [0.29, 0.717) is 0 Å². The van der Waals surface area contributed by atoms with Gasteiger partial charge in [-0.2, -0.15) is 0 Å². The van der Waals surface area contributed by atoms with Crippen molar-refractivity contribution in [2.45, 2.75) is 31.6 Å². The van der Waals surface area contributed by atoms with Gasteiger partial charge in [0.1, 0.15) is 10.3 Å². The van der Waals surface area contributed by atoms with Crippen molar-refractivity contribution in [1.29, 1.82) is 0 Å². The number of halogens is 4. The fraction of sp³-hybridized carbons (Fsp3) is 0.538. The highest BCUT2D eigenvalue weighted by atomic mass is 35.5. The zero-order valence-electron chi connectivity index (χ0n) is 10.5. The maximum Gasteiger partial charge on any atom is 0.306 e. The third-order valence-electron chi connectivity index (χ3n) is 3.74. The van der Waals surface area contributed by atoms with E-state index < -0.39 is 23.7 Å². The number of pyridine rings is 1. The summed E-state index contributed by atoms with van der Waals surface area (Å²) in [4.78, 5) is 14.5. The summed E-state index contributed by atoms with van der Waals surface area (Å²) in [6.07, 6.45) is 0.868. The van der Waals surface area contributed by atoms with E-state index in [1.54, 1.807) is 0 Å². The lowest BCUT2D eigenvalue weighted by atomic mass is 9.77. The molecule has 1 aromatic heterocycles. The van der Waals surface area contributed by atoms with E-state index in [0.717, 1.165) is 12.1 Å². The van der Waals surface area contributed by atoms with Gasteiger partial charge in [-0.1, -0.05) is 23.2 Å². The van der Waals surface area contributed by atoms with E-state index in [1.165, 1.54) is 0 Å². The molecule has 0 aliphatic heterocycles. The monoisotopic (exact) mass is 323 g/mol. The van der Waals surface area contributed by atoms with Crippen LogP contribution in [-0.4, -0.2) is 16.1 Å². The first-order valence-corrected chi connectivity index (χ1v) is 7.00. The minimum absolute atomic E-state index is 0.0774. The van der Waals surface area contributed by atoms with Crippen LogP contribution >= 0.6 is 23.2 Å². The molecule has 1 fully saturated rings. The molecule has 2 rings (SSSR count). The molecule has 0 radical (unpaired) electrons. The SMILES string of the molecule is O=C(O)C1CCC(C(F)(F)c2cc(Cl)nc(Cl)c2)CC1. The van der Waals surface area contributed by atoms with Gasteiger partial charge < -0.3 is 5.11 Å². The van der Waals surface area contributed by atoms with E-state index in [9.17, 15) is 13.6 Å². The van der Waals surface area contributed by atoms with Crippen molar-refractivity contribution in [2.75, 3.05) is 0 Å². The smallest absolute Gasteiger partial charge is 0.306 e. The van der Waals surface area contributed by atoms with Gasteiger partial charge in [0.05, 0.1) is 5.92 Å². The zero-order chi connectivity index (χ0) is 14.9. The third kappa shape index (κ3) is 3.20. The zero-order valence-corrected chi connectivity index (χ0v) is 12.0. The van der Waals surface area contributed by atoms with Gasteiger partial charge in [0.2, 0.25) is 0 Å². The molecule has 3 nitrogen and oxygen atoms in total. The predicted molar refractivity (Wildman–Crippen MR) is 71.2 cm³/mol. The number of rotatable bonds is 3. The van der Waals surface area contributed by atoms with Crippen molar-refractivity contribution in [2.24, 2.45) is 11.8 Å². The Morgan fingerprint density at radius 2 is 1.70 bits per heavy atom. The molecule has 1 aliphatic rings. The molecule has 1 aromatic rings. The molecule has 1 saturated carbocycles. The van der Waals surface area contributed by atoms with Crippen molar-refractivity contribution < 1.29 is 18.7 Å². The van der Waals surface area contributed by atoms with E-state index >= 15 is 0 Å². The van der Waals surface area contributed by atoms with Gasteiger partial charge in [-0.3, -0.25) is 4.79 Å². The minimum atomic E-state index is -3.08. The molecule has 0 bridgehead atoms. The fourth-order valence-corrected chi connectivity index (χ4v) is 3.06. The summed E-state index contributed by atoms with van der Waals surface area (Å²) < 4.78 is 28.9. The first kappa shape index (κ1) is 15.4. The molecule has 0 saturated heterocycles. The Bertz CT molecular complexity index is 497. The highest BCUT2D eigenvalue weighted by Gasteiger charge is 2.44. The van der Waals surface area contributed by atoms with Crippen molar-refractivity contribution in [3.8, 4) is 0 Å². The number of aromatic nitrogens is 1. The summed E-state index contributed by atoms with van der Waals surface area (Å²) in [7, 11) is 0. The Hall–Kier alpha value is -0.940. The number of carbonyl (C=O) groups is 1. The molecular weight excluding hydrogens is 311 g/mol. The highest BCUT2D eigenvalue weighted by molar-refractivity contribution is 6.32. The summed E-state index contributed by atoms with van der Waals surface area (Å²) in [5.74, 6) is -5.42. The number of hydrogen-bond acceptors (Lipinski definition) is 2. The van der Waals surface area contributed by atoms with E-state index in [-0.39, 0.29) is 41.6 Å². The van der Waals surface area contributed by atoms with E-state index in [2.05, 4.69) is 4.98 Å². The van der Waals surface area contributed by atoms with Crippen molar-refractivity contribution in [3.05, 3.63) is 28.0 Å². The lowest BCUT2D eigenvalue weighted by Crippen LogP contribution is -2.31. The molecule has 0 spiro atoms. The summed E-state index contributed by atoms with van der Waals surface area (Å²) in [5, 5.41) is 8.73. The fourth-order valence-electron chi connectivity index (χ4n) is 2.60.